The summed E-state index contributed by atoms with van der Waals surface area (Å²) in [5.74, 6) is -3.44. The standard InChI is InChI=1S/C29H52O9/c1-6-7-8-9-12-15-18-26(35)27(36)19-16-13-10-11-14-17-20-37-29(23(3)32,24(4)33)28(21-30,22(2)31)38-25(5)34/h26-27,30,35-36H,6-21H2,1-5H3. The molecule has 0 saturated heterocycles. The molecule has 0 aromatic rings. The fourth-order valence-corrected chi connectivity index (χ4v) is 4.93. The second kappa shape index (κ2) is 19.4. The lowest BCUT2D eigenvalue weighted by atomic mass is 9.74. The van der Waals surface area contributed by atoms with Gasteiger partial charge in [-0.25, -0.2) is 0 Å². The molecule has 0 heterocycles. The molecular weight excluding hydrogens is 492 g/mol. The zero-order valence-corrected chi connectivity index (χ0v) is 24.3. The maximum absolute atomic E-state index is 12.6. The topological polar surface area (TPSA) is 147 Å². The Bertz CT molecular complexity index is 707. The largest absolute Gasteiger partial charge is 0.445 e. The highest BCUT2D eigenvalue weighted by Gasteiger charge is 2.65. The Hall–Kier alpha value is -1.68. The van der Waals surface area contributed by atoms with E-state index in [1.807, 2.05) is 0 Å². The van der Waals surface area contributed by atoms with Gasteiger partial charge in [-0.1, -0.05) is 77.6 Å². The van der Waals surface area contributed by atoms with Crippen LogP contribution in [0.25, 0.3) is 0 Å². The summed E-state index contributed by atoms with van der Waals surface area (Å²) in [6.45, 7) is 5.26. The van der Waals surface area contributed by atoms with Crippen molar-refractivity contribution in [3.8, 4) is 0 Å². The maximum Gasteiger partial charge on any atom is 0.303 e. The lowest BCUT2D eigenvalue weighted by Crippen LogP contribution is -2.71. The molecule has 0 fully saturated rings. The van der Waals surface area contributed by atoms with Gasteiger partial charge < -0.3 is 24.8 Å². The van der Waals surface area contributed by atoms with Gasteiger partial charge >= 0.3 is 5.97 Å². The molecule has 0 aliphatic carbocycles. The summed E-state index contributed by atoms with van der Waals surface area (Å²) in [6, 6.07) is 0. The zero-order valence-electron chi connectivity index (χ0n) is 24.3. The van der Waals surface area contributed by atoms with Gasteiger partial charge in [-0.3, -0.25) is 19.2 Å². The average Bonchev–Trinajstić information content (AvgIpc) is 2.85. The Morgan fingerprint density at radius 3 is 1.45 bits per heavy atom. The molecule has 3 unspecified atom stereocenters. The number of ketones is 3. The van der Waals surface area contributed by atoms with Crippen LogP contribution in [0.2, 0.25) is 0 Å². The lowest BCUT2D eigenvalue weighted by molar-refractivity contribution is -0.215. The number of hydrogen-bond donors (Lipinski definition) is 3. The lowest BCUT2D eigenvalue weighted by Gasteiger charge is -2.43. The van der Waals surface area contributed by atoms with E-state index in [0.29, 0.717) is 19.3 Å². The highest BCUT2D eigenvalue weighted by atomic mass is 16.6. The van der Waals surface area contributed by atoms with Crippen molar-refractivity contribution in [2.24, 2.45) is 0 Å². The number of aliphatic hydroxyl groups is 3. The van der Waals surface area contributed by atoms with E-state index in [-0.39, 0.29) is 6.61 Å². The van der Waals surface area contributed by atoms with Crippen LogP contribution in [0.5, 0.6) is 0 Å². The fourth-order valence-electron chi connectivity index (χ4n) is 4.93. The smallest absolute Gasteiger partial charge is 0.303 e. The van der Waals surface area contributed by atoms with E-state index >= 15 is 0 Å². The van der Waals surface area contributed by atoms with Gasteiger partial charge in [0.25, 0.3) is 0 Å². The monoisotopic (exact) mass is 544 g/mol. The van der Waals surface area contributed by atoms with Gasteiger partial charge in [-0.2, -0.15) is 0 Å². The summed E-state index contributed by atoms with van der Waals surface area (Å²) in [4.78, 5) is 49.4. The number of ether oxygens (including phenoxy) is 2. The van der Waals surface area contributed by atoms with Crippen molar-refractivity contribution < 1.29 is 44.0 Å². The number of hydrogen-bond acceptors (Lipinski definition) is 9. The van der Waals surface area contributed by atoms with Crippen LogP contribution < -0.4 is 0 Å². The molecule has 0 bridgehead atoms. The van der Waals surface area contributed by atoms with Crippen molar-refractivity contribution in [2.75, 3.05) is 13.2 Å². The summed E-state index contributed by atoms with van der Waals surface area (Å²) < 4.78 is 10.8. The summed E-state index contributed by atoms with van der Waals surface area (Å²) in [6.07, 6.45) is 11.4. The quantitative estimate of drug-likeness (QED) is 0.0931. The van der Waals surface area contributed by atoms with Crippen LogP contribution in [0, 0.1) is 0 Å². The molecule has 0 amide bonds. The van der Waals surface area contributed by atoms with Crippen LogP contribution >= 0.6 is 0 Å². The van der Waals surface area contributed by atoms with Gasteiger partial charge in [-0.05, 0) is 40.0 Å². The second-order valence-corrected chi connectivity index (χ2v) is 10.4. The van der Waals surface area contributed by atoms with E-state index in [2.05, 4.69) is 6.92 Å². The SMILES string of the molecule is CCCCCCCCC(O)C(O)CCCCCCCCOC(C(C)=O)(C(C)=O)C(CO)(OC(C)=O)C(C)=O. The van der Waals surface area contributed by atoms with Crippen molar-refractivity contribution in [1.29, 1.82) is 0 Å². The van der Waals surface area contributed by atoms with Crippen LogP contribution in [-0.4, -0.2) is 75.3 Å². The van der Waals surface area contributed by atoms with Gasteiger partial charge in [0.2, 0.25) is 11.2 Å². The molecule has 9 heteroatoms. The minimum absolute atomic E-state index is 0.0429. The average molecular weight is 545 g/mol. The van der Waals surface area contributed by atoms with Crippen LogP contribution in [-0.2, 0) is 28.7 Å². The van der Waals surface area contributed by atoms with Crippen molar-refractivity contribution in [1.82, 2.24) is 0 Å². The number of unbranched alkanes of at least 4 members (excludes halogenated alkanes) is 10. The van der Waals surface area contributed by atoms with Crippen LogP contribution in [0.15, 0.2) is 0 Å². The van der Waals surface area contributed by atoms with Crippen LogP contribution in [0.4, 0.5) is 0 Å². The van der Waals surface area contributed by atoms with Crippen LogP contribution in [0.1, 0.15) is 125 Å². The first kappa shape index (κ1) is 36.3. The summed E-state index contributed by atoms with van der Waals surface area (Å²) >= 11 is 0. The van der Waals surface area contributed by atoms with Crippen molar-refractivity contribution in [2.45, 2.75) is 148 Å². The molecule has 0 spiro atoms. The number of esters is 1. The van der Waals surface area contributed by atoms with Crippen molar-refractivity contribution in [3.05, 3.63) is 0 Å². The number of aliphatic hydroxyl groups excluding tert-OH is 3. The normalized spacial score (nSPS) is 14.9. The van der Waals surface area contributed by atoms with Gasteiger partial charge in [0.05, 0.1) is 18.8 Å². The molecule has 9 nitrogen and oxygen atoms in total. The zero-order chi connectivity index (χ0) is 29.2. The summed E-state index contributed by atoms with van der Waals surface area (Å²) in [5, 5.41) is 30.3. The van der Waals surface area contributed by atoms with Crippen molar-refractivity contribution >= 4 is 23.3 Å². The molecule has 38 heavy (non-hydrogen) atoms. The maximum atomic E-state index is 12.6. The molecular formula is C29H52O9. The van der Waals surface area contributed by atoms with E-state index in [9.17, 15) is 34.5 Å². The molecule has 0 aromatic carbocycles. The Labute approximate surface area is 228 Å². The molecule has 0 aliphatic heterocycles. The number of Topliss-reactive ketones (excluding diaryl/α,β-unsaturated/α-hetero) is 3. The van der Waals surface area contributed by atoms with Gasteiger partial charge in [0.15, 0.2) is 17.3 Å². The number of carbonyl (C=O) groups excluding carboxylic acids is 4. The molecule has 3 N–H and O–H groups in total. The molecule has 0 radical (unpaired) electrons. The molecule has 0 aromatic heterocycles. The van der Waals surface area contributed by atoms with E-state index < -0.39 is 53.3 Å². The van der Waals surface area contributed by atoms with E-state index in [1.165, 1.54) is 25.7 Å². The molecule has 222 valence electrons. The van der Waals surface area contributed by atoms with E-state index in [4.69, 9.17) is 9.47 Å². The van der Waals surface area contributed by atoms with Gasteiger partial charge in [-0.15, -0.1) is 0 Å². The second-order valence-electron chi connectivity index (χ2n) is 10.4. The molecule has 0 saturated carbocycles. The number of rotatable bonds is 24. The summed E-state index contributed by atoms with van der Waals surface area (Å²) in [7, 11) is 0. The minimum Gasteiger partial charge on any atom is -0.445 e. The molecule has 0 aliphatic rings. The first-order valence-corrected chi connectivity index (χ1v) is 14.3. The van der Waals surface area contributed by atoms with Gasteiger partial charge in [0.1, 0.15) is 0 Å². The highest BCUT2D eigenvalue weighted by molar-refractivity contribution is 6.15. The molecule has 0 rings (SSSR count). The Morgan fingerprint density at radius 2 is 1.08 bits per heavy atom. The van der Waals surface area contributed by atoms with Crippen molar-refractivity contribution in [3.63, 3.8) is 0 Å². The van der Waals surface area contributed by atoms with Gasteiger partial charge in [0, 0.05) is 13.5 Å². The number of carbonyl (C=O) groups is 4. The fraction of sp³-hybridized carbons (Fsp3) is 0.862. The van der Waals surface area contributed by atoms with Crippen LogP contribution in [0.3, 0.4) is 0 Å². The van der Waals surface area contributed by atoms with E-state index in [1.54, 1.807) is 0 Å². The summed E-state index contributed by atoms with van der Waals surface area (Å²) in [5.41, 5.74) is -4.87. The Balaban J connectivity index is 4.53. The predicted octanol–water partition coefficient (Wildman–Crippen LogP) is 4.01. The van der Waals surface area contributed by atoms with E-state index in [0.717, 1.165) is 72.6 Å². The highest BCUT2D eigenvalue weighted by Crippen LogP contribution is 2.34. The predicted molar refractivity (Wildman–Crippen MR) is 145 cm³/mol. The minimum atomic E-state index is -2.45. The third-order valence-corrected chi connectivity index (χ3v) is 7.18. The Kier molecular flexibility index (Phi) is 18.5. The first-order valence-electron chi connectivity index (χ1n) is 14.3. The third kappa shape index (κ3) is 11.2. The third-order valence-electron chi connectivity index (χ3n) is 7.18. The Morgan fingerprint density at radius 1 is 0.658 bits per heavy atom. The first-order chi connectivity index (χ1) is 17.9. The molecule has 3 atom stereocenters.